The number of aromatic carboxylic acids is 1. The van der Waals surface area contributed by atoms with Crippen LogP contribution in [0.25, 0.3) is 0 Å². The minimum Gasteiger partial charge on any atom is -0.478 e. The van der Waals surface area contributed by atoms with Gasteiger partial charge in [0, 0.05) is 17.3 Å². The predicted octanol–water partition coefficient (Wildman–Crippen LogP) is 5.16. The van der Waals surface area contributed by atoms with Gasteiger partial charge in [0.2, 0.25) is 11.9 Å². The molecule has 9 heteroatoms. The van der Waals surface area contributed by atoms with Crippen molar-refractivity contribution in [2.24, 2.45) is 0 Å². The highest BCUT2D eigenvalue weighted by atomic mass is 35.5. The number of carboxylic acids is 1. The second-order valence-corrected chi connectivity index (χ2v) is 7.47. The fourth-order valence-corrected chi connectivity index (χ4v) is 3.05. The van der Waals surface area contributed by atoms with Crippen LogP contribution in [0, 0.1) is 0 Å². The first kappa shape index (κ1) is 22.0. The number of nitrogens with zero attached hydrogens (tertiary/aromatic N) is 3. The zero-order valence-corrected chi connectivity index (χ0v) is 18.2. The van der Waals surface area contributed by atoms with Crippen LogP contribution in [0.4, 0.5) is 17.6 Å². The van der Waals surface area contributed by atoms with Gasteiger partial charge in [0.15, 0.2) is 0 Å². The molecule has 8 nitrogen and oxygen atoms in total. The van der Waals surface area contributed by atoms with Crippen molar-refractivity contribution < 1.29 is 14.6 Å². The molecule has 4 rings (SSSR count). The number of hydrogen-bond acceptors (Lipinski definition) is 7. The van der Waals surface area contributed by atoms with Crippen molar-refractivity contribution >= 4 is 35.2 Å². The topological polar surface area (TPSA) is 109 Å². The summed E-state index contributed by atoms with van der Waals surface area (Å²) in [6, 6.07) is 23.6. The van der Waals surface area contributed by atoms with Crippen LogP contribution in [0.5, 0.6) is 6.01 Å². The van der Waals surface area contributed by atoms with Crippen LogP contribution in [0.3, 0.4) is 0 Å². The molecule has 0 unspecified atom stereocenters. The van der Waals surface area contributed by atoms with Gasteiger partial charge in [-0.05, 0) is 41.5 Å². The van der Waals surface area contributed by atoms with E-state index in [9.17, 15) is 9.90 Å². The molecule has 0 radical (unpaired) electrons. The molecule has 1 aromatic heterocycles. The number of ether oxygens (including phenoxy) is 1. The first-order chi connectivity index (χ1) is 16.0. The van der Waals surface area contributed by atoms with Gasteiger partial charge in [-0.1, -0.05) is 60.1 Å². The van der Waals surface area contributed by atoms with E-state index in [1.807, 2.05) is 54.6 Å². The second kappa shape index (κ2) is 10.4. The number of benzene rings is 3. The Morgan fingerprint density at radius 3 is 2.39 bits per heavy atom. The third kappa shape index (κ3) is 6.41. The SMILES string of the molecule is O=C(O)c1cccc(Nc2nc(NCc3ccc(Cl)cc3)nc(OCc3ccccc3)n2)c1. The normalized spacial score (nSPS) is 10.5. The standard InChI is InChI=1S/C24H20ClN5O3/c25-19-11-9-16(10-12-19)14-26-22-28-23(27-20-8-4-7-18(13-20)21(31)32)30-24(29-22)33-15-17-5-2-1-3-6-17/h1-13H,14-15H2,(H,31,32)(H2,26,27,28,29,30). The largest absolute Gasteiger partial charge is 0.478 e. The Morgan fingerprint density at radius 1 is 0.879 bits per heavy atom. The lowest BCUT2D eigenvalue weighted by atomic mass is 10.2. The highest BCUT2D eigenvalue weighted by Crippen LogP contribution is 2.19. The van der Waals surface area contributed by atoms with Gasteiger partial charge >= 0.3 is 12.0 Å². The van der Waals surface area contributed by atoms with Crippen LogP contribution in [0.15, 0.2) is 78.9 Å². The van der Waals surface area contributed by atoms with E-state index in [1.165, 1.54) is 12.1 Å². The molecule has 0 fully saturated rings. The summed E-state index contributed by atoms with van der Waals surface area (Å²) < 4.78 is 5.79. The number of anilines is 3. The Kier molecular flexibility index (Phi) is 6.96. The molecule has 0 aliphatic carbocycles. The van der Waals surface area contributed by atoms with Crippen LogP contribution < -0.4 is 15.4 Å². The smallest absolute Gasteiger partial charge is 0.335 e. The molecule has 0 saturated carbocycles. The first-order valence-electron chi connectivity index (χ1n) is 10.1. The number of rotatable bonds is 9. The summed E-state index contributed by atoms with van der Waals surface area (Å²) in [5.41, 5.74) is 2.64. The summed E-state index contributed by atoms with van der Waals surface area (Å²) in [5, 5.41) is 16.1. The summed E-state index contributed by atoms with van der Waals surface area (Å²) in [6.45, 7) is 0.753. The van der Waals surface area contributed by atoms with Crippen LogP contribution in [-0.2, 0) is 13.2 Å². The molecule has 0 spiro atoms. The van der Waals surface area contributed by atoms with E-state index in [-0.39, 0.29) is 24.1 Å². The third-order valence-electron chi connectivity index (χ3n) is 4.56. The molecule has 1 heterocycles. The number of carbonyl (C=O) groups is 1. The Morgan fingerprint density at radius 2 is 1.64 bits per heavy atom. The molecular weight excluding hydrogens is 442 g/mol. The highest BCUT2D eigenvalue weighted by molar-refractivity contribution is 6.30. The fourth-order valence-electron chi connectivity index (χ4n) is 2.92. The Labute approximate surface area is 195 Å². The van der Waals surface area contributed by atoms with Gasteiger partial charge in [0.05, 0.1) is 5.56 Å². The van der Waals surface area contributed by atoms with E-state index in [2.05, 4.69) is 25.6 Å². The summed E-state index contributed by atoms with van der Waals surface area (Å²) in [4.78, 5) is 24.3. The van der Waals surface area contributed by atoms with Gasteiger partial charge in [0.25, 0.3) is 0 Å². The van der Waals surface area contributed by atoms with Crippen molar-refractivity contribution in [3.05, 3.63) is 101 Å². The number of halogens is 1. The molecule has 4 aromatic rings. The zero-order valence-electron chi connectivity index (χ0n) is 17.4. The number of hydrogen-bond donors (Lipinski definition) is 3. The number of nitrogens with one attached hydrogen (secondary N) is 2. The summed E-state index contributed by atoms with van der Waals surface area (Å²) in [7, 11) is 0. The molecule has 0 aliphatic heterocycles. The minimum atomic E-state index is -1.02. The number of aromatic nitrogens is 3. The van der Waals surface area contributed by atoms with Crippen molar-refractivity contribution in [3.63, 3.8) is 0 Å². The molecule has 0 atom stereocenters. The molecule has 0 aliphatic rings. The van der Waals surface area contributed by atoms with Crippen molar-refractivity contribution in [1.82, 2.24) is 15.0 Å². The highest BCUT2D eigenvalue weighted by Gasteiger charge is 2.10. The summed E-state index contributed by atoms with van der Waals surface area (Å²) >= 11 is 5.95. The maximum Gasteiger partial charge on any atom is 0.335 e. The van der Waals surface area contributed by atoms with Crippen LogP contribution in [-0.4, -0.2) is 26.0 Å². The average Bonchev–Trinajstić information content (AvgIpc) is 2.83. The van der Waals surface area contributed by atoms with Gasteiger partial charge in [-0.3, -0.25) is 0 Å². The number of carboxylic acid groups (broad SMARTS) is 1. The fraction of sp³-hybridized carbons (Fsp3) is 0.0833. The predicted molar refractivity (Wildman–Crippen MR) is 126 cm³/mol. The monoisotopic (exact) mass is 461 g/mol. The van der Waals surface area contributed by atoms with E-state index >= 15 is 0 Å². The van der Waals surface area contributed by atoms with Crippen LogP contribution in [0.1, 0.15) is 21.5 Å². The molecule has 0 saturated heterocycles. The van der Waals surface area contributed by atoms with Crippen LogP contribution in [0.2, 0.25) is 5.02 Å². The van der Waals surface area contributed by atoms with Gasteiger partial charge in [-0.25, -0.2) is 4.79 Å². The van der Waals surface area contributed by atoms with E-state index < -0.39 is 5.97 Å². The molecule has 166 valence electrons. The van der Waals surface area contributed by atoms with Gasteiger partial charge in [-0.2, -0.15) is 15.0 Å². The summed E-state index contributed by atoms with van der Waals surface area (Å²) in [5.74, 6) is -0.499. The van der Waals surface area contributed by atoms with Gasteiger partial charge in [-0.15, -0.1) is 0 Å². The molecule has 0 amide bonds. The lowest BCUT2D eigenvalue weighted by Crippen LogP contribution is -2.10. The maximum atomic E-state index is 11.3. The van der Waals surface area contributed by atoms with E-state index in [1.54, 1.807) is 12.1 Å². The van der Waals surface area contributed by atoms with Crippen molar-refractivity contribution in [3.8, 4) is 6.01 Å². The summed E-state index contributed by atoms with van der Waals surface area (Å²) in [6.07, 6.45) is 0. The Balaban J connectivity index is 1.55. The second-order valence-electron chi connectivity index (χ2n) is 7.03. The zero-order chi connectivity index (χ0) is 23.0. The quantitative estimate of drug-likeness (QED) is 0.313. The Bertz CT molecular complexity index is 1240. The lowest BCUT2D eigenvalue weighted by molar-refractivity contribution is 0.0697. The Hall–Kier alpha value is -4.17. The van der Waals surface area contributed by atoms with Gasteiger partial charge in [0.1, 0.15) is 6.61 Å². The third-order valence-corrected chi connectivity index (χ3v) is 4.81. The van der Waals surface area contributed by atoms with E-state index in [4.69, 9.17) is 16.3 Å². The van der Waals surface area contributed by atoms with Crippen molar-refractivity contribution in [1.29, 1.82) is 0 Å². The van der Waals surface area contributed by atoms with Crippen molar-refractivity contribution in [2.75, 3.05) is 10.6 Å². The van der Waals surface area contributed by atoms with Crippen molar-refractivity contribution in [2.45, 2.75) is 13.2 Å². The van der Waals surface area contributed by atoms with E-state index in [0.717, 1.165) is 11.1 Å². The first-order valence-corrected chi connectivity index (χ1v) is 10.4. The minimum absolute atomic E-state index is 0.129. The lowest BCUT2D eigenvalue weighted by Gasteiger charge is -2.11. The maximum absolute atomic E-state index is 11.3. The van der Waals surface area contributed by atoms with Gasteiger partial charge < -0.3 is 20.5 Å². The molecular formula is C24H20ClN5O3. The molecule has 0 bridgehead atoms. The molecule has 33 heavy (non-hydrogen) atoms. The van der Waals surface area contributed by atoms with Crippen LogP contribution >= 0.6 is 11.6 Å². The van der Waals surface area contributed by atoms with E-state index in [0.29, 0.717) is 23.2 Å². The molecule has 3 N–H and O–H groups in total. The molecule has 3 aromatic carbocycles. The average molecular weight is 462 g/mol.